The normalized spacial score (nSPS) is 19.3. The molecule has 7 rings (SSSR count). The van der Waals surface area contributed by atoms with E-state index in [9.17, 15) is 9.90 Å². The van der Waals surface area contributed by atoms with Gasteiger partial charge in [-0.2, -0.15) is 0 Å². The quantitative estimate of drug-likeness (QED) is 0.0408. The van der Waals surface area contributed by atoms with E-state index < -0.39 is 68.6 Å². The van der Waals surface area contributed by atoms with Crippen LogP contribution in [0.5, 0.6) is 0 Å². The van der Waals surface area contributed by atoms with Gasteiger partial charge in [-0.3, -0.25) is 4.79 Å². The lowest BCUT2D eigenvalue weighted by Crippen LogP contribution is -2.60. The smallest absolute Gasteiger partial charge is 0.334 e. The summed E-state index contributed by atoms with van der Waals surface area (Å²) >= 11 is 0. The molecule has 1 N–H and O–H groups in total. The van der Waals surface area contributed by atoms with Gasteiger partial charge in [0.1, 0.15) is 31.0 Å². The van der Waals surface area contributed by atoms with Crippen molar-refractivity contribution in [3.8, 4) is 0 Å². The van der Waals surface area contributed by atoms with Crippen LogP contribution < -0.4 is 0 Å². The molecule has 1 saturated heterocycles. The van der Waals surface area contributed by atoms with E-state index in [-0.39, 0.29) is 39.6 Å². The average Bonchev–Trinajstić information content (AvgIpc) is 3.37. The van der Waals surface area contributed by atoms with E-state index in [4.69, 9.17) is 50.2 Å². The van der Waals surface area contributed by atoms with Gasteiger partial charge in [0.25, 0.3) is 0 Å². The van der Waals surface area contributed by atoms with Crippen LogP contribution in [-0.4, -0.2) is 48.4 Å². The molecule has 0 bridgehead atoms. The third kappa shape index (κ3) is 17.0. The first-order chi connectivity index (χ1) is 32.9. The molecule has 16 heteroatoms. The summed E-state index contributed by atoms with van der Waals surface area (Å²) < 4.78 is 71.1. The molecule has 0 aromatic heterocycles. The zero-order valence-electron chi connectivity index (χ0n) is 37.2. The fourth-order valence-corrected chi connectivity index (χ4v) is 10.1. The fourth-order valence-electron chi connectivity index (χ4n) is 6.59. The number of carbonyl (C=O) groups excluding carboxylic acids is 1. The number of ether oxygens (including phenoxy) is 2. The molecule has 0 saturated carbocycles. The first-order valence-corrected chi connectivity index (χ1v) is 25.1. The standard InChI is InChI=1S/C51H55O13P3/c1-39(46-31-19-8-20-32-46)61-67(59-37-45-29-17-7-18-30-45)64-50-49(63-66(57-35-43-25-13-5-14-26-43)58-36-44-27-15-6-16-28-44)48(47(60-51(50)53)38-54-40(2)52)62-65(55-33-41-21-9-3-10-22-41)56-34-42-23-11-4-12-24-42/h3-32,39,47-51,53H,33-38H2,1-2H3/t39?,47-,48-,49+,50+,51?,67?/m1/s1. The van der Waals surface area contributed by atoms with E-state index in [1.165, 1.54) is 6.92 Å². The minimum absolute atomic E-state index is 0.122. The van der Waals surface area contributed by atoms with Crippen LogP contribution >= 0.6 is 25.8 Å². The molecule has 67 heavy (non-hydrogen) atoms. The van der Waals surface area contributed by atoms with E-state index >= 15 is 0 Å². The van der Waals surface area contributed by atoms with Crippen LogP contribution in [0.3, 0.4) is 0 Å². The molecular weight excluding hydrogens is 913 g/mol. The van der Waals surface area contributed by atoms with Gasteiger partial charge in [-0.25, -0.2) is 0 Å². The second-order valence-corrected chi connectivity index (χ2v) is 18.7. The number of aliphatic hydroxyl groups is 1. The summed E-state index contributed by atoms with van der Waals surface area (Å²) in [6.07, 6.45) is -7.22. The molecule has 0 spiro atoms. The summed E-state index contributed by atoms with van der Waals surface area (Å²) in [7, 11) is -6.76. The second kappa shape index (κ2) is 27.6. The summed E-state index contributed by atoms with van der Waals surface area (Å²) in [5.41, 5.74) is 5.24. The van der Waals surface area contributed by atoms with Gasteiger partial charge in [0.15, 0.2) is 6.29 Å². The van der Waals surface area contributed by atoms with Crippen LogP contribution in [0, 0.1) is 0 Å². The number of carbonyl (C=O) groups is 1. The number of benzene rings is 6. The maximum Gasteiger partial charge on any atom is 0.334 e. The molecule has 1 aliphatic rings. The van der Waals surface area contributed by atoms with Gasteiger partial charge in [0.05, 0.1) is 39.1 Å². The monoisotopic (exact) mass is 968 g/mol. The highest BCUT2D eigenvalue weighted by atomic mass is 31.2. The first kappa shape index (κ1) is 50.5. The van der Waals surface area contributed by atoms with Crippen molar-refractivity contribution >= 4 is 31.8 Å². The van der Waals surface area contributed by atoms with Crippen LogP contribution in [0.1, 0.15) is 53.3 Å². The minimum Gasteiger partial charge on any atom is -0.463 e. The third-order valence-corrected chi connectivity index (χ3v) is 13.5. The summed E-state index contributed by atoms with van der Waals surface area (Å²) in [6.45, 7) is 3.47. The summed E-state index contributed by atoms with van der Waals surface area (Å²) in [5.74, 6) is -0.573. The molecule has 6 aromatic rings. The van der Waals surface area contributed by atoms with E-state index in [0.717, 1.165) is 33.4 Å². The maximum atomic E-state index is 12.4. The van der Waals surface area contributed by atoms with Gasteiger partial charge < -0.3 is 55.3 Å². The lowest BCUT2D eigenvalue weighted by Gasteiger charge is -2.45. The molecule has 1 heterocycles. The fraction of sp³-hybridized carbons (Fsp3) is 0.275. The van der Waals surface area contributed by atoms with E-state index in [1.54, 1.807) is 0 Å². The summed E-state index contributed by atoms with van der Waals surface area (Å²) in [4.78, 5) is 12.4. The SMILES string of the molecule is CC(=O)OC[C@H]1OC(O)[C@@H](OP(OCc2ccccc2)OC(C)c2ccccc2)[C@@H](OP(OCc2ccccc2)OCc2ccccc2)[C@@H]1OP(OCc1ccccc1)OCc1ccccc1. The van der Waals surface area contributed by atoms with Gasteiger partial charge in [-0.05, 0) is 40.3 Å². The Hall–Kier alpha value is -4.36. The van der Waals surface area contributed by atoms with Gasteiger partial charge in [-0.1, -0.05) is 182 Å². The molecular formula is C51H55O13P3. The van der Waals surface area contributed by atoms with Crippen molar-refractivity contribution in [2.45, 2.75) is 83.7 Å². The highest BCUT2D eigenvalue weighted by molar-refractivity contribution is 7.42. The van der Waals surface area contributed by atoms with E-state index in [2.05, 4.69) is 0 Å². The Balaban J connectivity index is 1.26. The van der Waals surface area contributed by atoms with E-state index in [1.807, 2.05) is 189 Å². The first-order valence-electron chi connectivity index (χ1n) is 21.8. The summed E-state index contributed by atoms with van der Waals surface area (Å²) in [5, 5.41) is 12.1. The van der Waals surface area contributed by atoms with Crippen LogP contribution in [0.4, 0.5) is 0 Å². The number of hydrogen-bond acceptors (Lipinski definition) is 13. The number of rotatable bonds is 26. The minimum atomic E-state index is -2.27. The molecule has 1 aliphatic heterocycles. The zero-order valence-corrected chi connectivity index (χ0v) is 39.9. The van der Waals surface area contributed by atoms with Crippen molar-refractivity contribution in [2.75, 3.05) is 6.61 Å². The average molecular weight is 969 g/mol. The Morgan fingerprint density at radius 3 is 1.19 bits per heavy atom. The van der Waals surface area contributed by atoms with Crippen molar-refractivity contribution in [1.29, 1.82) is 0 Å². The molecule has 7 atom stereocenters. The lowest BCUT2D eigenvalue weighted by molar-refractivity contribution is -0.276. The predicted molar refractivity (Wildman–Crippen MR) is 255 cm³/mol. The molecule has 6 aromatic carbocycles. The molecule has 0 aliphatic carbocycles. The predicted octanol–water partition coefficient (Wildman–Crippen LogP) is 12.0. The lowest BCUT2D eigenvalue weighted by atomic mass is 9.99. The van der Waals surface area contributed by atoms with Crippen molar-refractivity contribution in [2.24, 2.45) is 0 Å². The van der Waals surface area contributed by atoms with Gasteiger partial charge >= 0.3 is 31.8 Å². The highest BCUT2D eigenvalue weighted by Gasteiger charge is 2.52. The summed E-state index contributed by atoms with van der Waals surface area (Å²) in [6, 6.07) is 57.7. The maximum absolute atomic E-state index is 12.4. The van der Waals surface area contributed by atoms with Crippen LogP contribution in [0.15, 0.2) is 182 Å². The zero-order chi connectivity index (χ0) is 46.5. The highest BCUT2D eigenvalue weighted by Crippen LogP contribution is 2.54. The van der Waals surface area contributed by atoms with Gasteiger partial charge in [0, 0.05) is 6.92 Å². The Bertz CT molecular complexity index is 2190. The Kier molecular flexibility index (Phi) is 20.8. The van der Waals surface area contributed by atoms with Gasteiger partial charge in [-0.15, -0.1) is 0 Å². The molecule has 3 unspecified atom stereocenters. The largest absolute Gasteiger partial charge is 0.463 e. The number of esters is 1. The van der Waals surface area contributed by atoms with Crippen molar-refractivity contribution in [1.82, 2.24) is 0 Å². The van der Waals surface area contributed by atoms with Crippen molar-refractivity contribution < 1.29 is 60.1 Å². The van der Waals surface area contributed by atoms with Crippen LogP contribution in [0.2, 0.25) is 0 Å². The number of aliphatic hydroxyl groups excluding tert-OH is 1. The van der Waals surface area contributed by atoms with Crippen LogP contribution in [0.25, 0.3) is 0 Å². The third-order valence-electron chi connectivity index (χ3n) is 10.1. The van der Waals surface area contributed by atoms with Gasteiger partial charge in [0.2, 0.25) is 0 Å². The topological polar surface area (TPSA) is 139 Å². The Morgan fingerprint density at radius 1 is 0.493 bits per heavy atom. The molecule has 352 valence electrons. The van der Waals surface area contributed by atoms with Crippen molar-refractivity contribution in [3.63, 3.8) is 0 Å². The van der Waals surface area contributed by atoms with Crippen LogP contribution in [-0.2, 0) is 88.0 Å². The molecule has 1 fully saturated rings. The number of hydrogen-bond donors (Lipinski definition) is 1. The second-order valence-electron chi connectivity index (χ2n) is 15.2. The molecule has 13 nitrogen and oxygen atoms in total. The van der Waals surface area contributed by atoms with Crippen molar-refractivity contribution in [3.05, 3.63) is 215 Å². The molecule has 0 radical (unpaired) electrons. The molecule has 0 amide bonds. The Labute approximate surface area is 396 Å². The Morgan fingerprint density at radius 2 is 0.821 bits per heavy atom. The van der Waals surface area contributed by atoms with E-state index in [0.29, 0.717) is 0 Å².